The van der Waals surface area contributed by atoms with Crippen molar-refractivity contribution in [3.8, 4) is 0 Å². The number of aryl methyl sites for hydroxylation is 1. The average molecular weight is 294 g/mol. The second-order valence-corrected chi connectivity index (χ2v) is 5.63. The minimum Gasteiger partial charge on any atom is -0.326 e. The van der Waals surface area contributed by atoms with Crippen LogP contribution in [0.4, 0.5) is 11.4 Å². The highest BCUT2D eigenvalue weighted by Crippen LogP contribution is 2.35. The molecule has 0 aliphatic carbocycles. The fourth-order valence-electron chi connectivity index (χ4n) is 2.83. The highest BCUT2D eigenvalue weighted by atomic mass is 16.2. The van der Waals surface area contributed by atoms with Crippen LogP contribution in [0, 0.1) is 6.92 Å². The van der Waals surface area contributed by atoms with E-state index in [-0.39, 0.29) is 18.2 Å². The number of rotatable bonds is 2. The lowest BCUT2D eigenvalue weighted by atomic mass is 9.89. The summed E-state index contributed by atoms with van der Waals surface area (Å²) in [7, 11) is 1.75. The Morgan fingerprint density at radius 1 is 1.18 bits per heavy atom. The van der Waals surface area contributed by atoms with E-state index in [4.69, 9.17) is 0 Å². The number of nitrogens with zero attached hydrogens (tertiary/aromatic N) is 1. The van der Waals surface area contributed by atoms with Gasteiger partial charge in [0.1, 0.15) is 0 Å². The maximum atomic E-state index is 12.6. The average Bonchev–Trinajstić information content (AvgIpc) is 2.51. The van der Waals surface area contributed by atoms with Crippen molar-refractivity contribution < 1.29 is 9.59 Å². The number of anilines is 2. The molecule has 0 fully saturated rings. The predicted molar refractivity (Wildman–Crippen MR) is 87.0 cm³/mol. The van der Waals surface area contributed by atoms with Gasteiger partial charge >= 0.3 is 0 Å². The van der Waals surface area contributed by atoms with Crippen LogP contribution >= 0.6 is 0 Å². The quantitative estimate of drug-likeness (QED) is 0.925. The van der Waals surface area contributed by atoms with Crippen molar-refractivity contribution >= 4 is 23.2 Å². The van der Waals surface area contributed by atoms with Crippen molar-refractivity contribution in [3.63, 3.8) is 0 Å². The van der Waals surface area contributed by atoms with Gasteiger partial charge in [-0.15, -0.1) is 0 Å². The van der Waals surface area contributed by atoms with E-state index in [1.165, 1.54) is 0 Å². The van der Waals surface area contributed by atoms with Gasteiger partial charge in [0.05, 0.1) is 5.92 Å². The lowest BCUT2D eigenvalue weighted by molar-refractivity contribution is -0.124. The molecular formula is C18H18N2O2. The summed E-state index contributed by atoms with van der Waals surface area (Å²) in [5.74, 6) is -0.622. The third-order valence-electron chi connectivity index (χ3n) is 4.03. The summed E-state index contributed by atoms with van der Waals surface area (Å²) in [6.45, 7) is 1.98. The number of hydrogen-bond donors (Lipinski definition) is 1. The molecule has 0 saturated carbocycles. The maximum Gasteiger partial charge on any atom is 0.232 e. The summed E-state index contributed by atoms with van der Waals surface area (Å²) < 4.78 is 0. The molecule has 1 aliphatic rings. The van der Waals surface area contributed by atoms with Crippen LogP contribution in [0.2, 0.25) is 0 Å². The van der Waals surface area contributed by atoms with Crippen LogP contribution in [0.1, 0.15) is 23.5 Å². The molecule has 2 aromatic carbocycles. The van der Waals surface area contributed by atoms with Gasteiger partial charge < -0.3 is 10.2 Å². The van der Waals surface area contributed by atoms with Crippen molar-refractivity contribution in [2.75, 3.05) is 17.3 Å². The molecule has 112 valence electrons. The first kappa shape index (κ1) is 14.3. The second-order valence-electron chi connectivity index (χ2n) is 5.63. The van der Waals surface area contributed by atoms with Gasteiger partial charge in [0.15, 0.2) is 0 Å². The third kappa shape index (κ3) is 2.60. The summed E-state index contributed by atoms with van der Waals surface area (Å²) in [5.41, 5.74) is 3.55. The first-order valence-electron chi connectivity index (χ1n) is 7.29. The fraction of sp³-hybridized carbons (Fsp3) is 0.222. The zero-order chi connectivity index (χ0) is 15.7. The smallest absolute Gasteiger partial charge is 0.232 e. The standard InChI is InChI=1S/C18H18N2O2/c1-12-6-5-7-13(10-12)19-18(22)15-11-17(21)20(2)16-9-4-3-8-14(15)16/h3-10,15H,11H2,1-2H3,(H,19,22). The molecule has 0 spiro atoms. The zero-order valence-electron chi connectivity index (χ0n) is 12.7. The molecule has 2 aromatic rings. The summed E-state index contributed by atoms with van der Waals surface area (Å²) in [5, 5.41) is 2.92. The van der Waals surface area contributed by atoms with E-state index >= 15 is 0 Å². The number of benzene rings is 2. The molecule has 1 aliphatic heterocycles. The Balaban J connectivity index is 1.90. The maximum absolute atomic E-state index is 12.6. The summed E-state index contributed by atoms with van der Waals surface area (Å²) in [4.78, 5) is 26.4. The third-order valence-corrected chi connectivity index (χ3v) is 4.03. The molecule has 0 aromatic heterocycles. The van der Waals surface area contributed by atoms with Gasteiger partial charge in [-0.3, -0.25) is 9.59 Å². The van der Waals surface area contributed by atoms with Crippen LogP contribution in [-0.2, 0) is 9.59 Å². The van der Waals surface area contributed by atoms with E-state index in [0.29, 0.717) is 0 Å². The molecule has 0 bridgehead atoms. The number of carbonyl (C=O) groups is 2. The van der Waals surface area contributed by atoms with Crippen molar-refractivity contribution in [3.05, 3.63) is 59.7 Å². The van der Waals surface area contributed by atoms with E-state index in [1.807, 2.05) is 55.5 Å². The van der Waals surface area contributed by atoms with E-state index in [1.54, 1.807) is 11.9 Å². The minimum absolute atomic E-state index is 0.0388. The molecule has 22 heavy (non-hydrogen) atoms. The van der Waals surface area contributed by atoms with Gasteiger partial charge in [-0.1, -0.05) is 30.3 Å². The van der Waals surface area contributed by atoms with Crippen LogP contribution in [-0.4, -0.2) is 18.9 Å². The number of nitrogens with one attached hydrogen (secondary N) is 1. The molecule has 1 heterocycles. The highest BCUT2D eigenvalue weighted by Gasteiger charge is 2.33. The molecular weight excluding hydrogens is 276 g/mol. The normalized spacial score (nSPS) is 17.1. The number of hydrogen-bond acceptors (Lipinski definition) is 2. The van der Waals surface area contributed by atoms with Crippen molar-refractivity contribution in [2.45, 2.75) is 19.3 Å². The number of amides is 2. The van der Waals surface area contributed by atoms with Gasteiger partial charge in [-0.2, -0.15) is 0 Å². The lowest BCUT2D eigenvalue weighted by Gasteiger charge is -2.30. The predicted octanol–water partition coefficient (Wildman–Crippen LogP) is 3.08. The van der Waals surface area contributed by atoms with Crippen LogP contribution < -0.4 is 10.2 Å². The Bertz CT molecular complexity index is 739. The summed E-state index contributed by atoms with van der Waals surface area (Å²) >= 11 is 0. The minimum atomic E-state index is -0.444. The monoisotopic (exact) mass is 294 g/mol. The molecule has 1 N–H and O–H groups in total. The molecule has 4 nitrogen and oxygen atoms in total. The van der Waals surface area contributed by atoms with E-state index in [9.17, 15) is 9.59 Å². The zero-order valence-corrected chi connectivity index (χ0v) is 12.7. The van der Waals surface area contributed by atoms with Crippen LogP contribution in [0.25, 0.3) is 0 Å². The molecule has 4 heteroatoms. The first-order chi connectivity index (χ1) is 10.6. The fourth-order valence-corrected chi connectivity index (χ4v) is 2.83. The van der Waals surface area contributed by atoms with Crippen molar-refractivity contribution in [1.29, 1.82) is 0 Å². The Labute approximate surface area is 129 Å². The van der Waals surface area contributed by atoms with Crippen molar-refractivity contribution in [2.24, 2.45) is 0 Å². The largest absolute Gasteiger partial charge is 0.326 e. The topological polar surface area (TPSA) is 49.4 Å². The molecule has 1 atom stereocenters. The number of para-hydroxylation sites is 1. The molecule has 1 unspecified atom stereocenters. The van der Waals surface area contributed by atoms with Gasteiger partial charge in [-0.05, 0) is 36.2 Å². The Kier molecular flexibility index (Phi) is 3.67. The van der Waals surface area contributed by atoms with Gasteiger partial charge in [0.25, 0.3) is 0 Å². The Hall–Kier alpha value is -2.62. The molecule has 0 saturated heterocycles. The van der Waals surface area contributed by atoms with E-state index < -0.39 is 5.92 Å². The highest BCUT2D eigenvalue weighted by molar-refractivity contribution is 6.05. The molecule has 0 radical (unpaired) electrons. The molecule has 2 amide bonds. The Morgan fingerprint density at radius 3 is 2.73 bits per heavy atom. The van der Waals surface area contributed by atoms with Crippen LogP contribution in [0.5, 0.6) is 0 Å². The van der Waals surface area contributed by atoms with E-state index in [2.05, 4.69) is 5.32 Å². The second kappa shape index (κ2) is 5.64. The van der Waals surface area contributed by atoms with E-state index in [0.717, 1.165) is 22.5 Å². The summed E-state index contributed by atoms with van der Waals surface area (Å²) in [6, 6.07) is 15.2. The number of fused-ring (bicyclic) bond motifs is 1. The van der Waals surface area contributed by atoms with Crippen molar-refractivity contribution in [1.82, 2.24) is 0 Å². The van der Waals surface area contributed by atoms with Gasteiger partial charge in [0, 0.05) is 24.8 Å². The van der Waals surface area contributed by atoms with Crippen LogP contribution in [0.3, 0.4) is 0 Å². The van der Waals surface area contributed by atoms with Crippen LogP contribution in [0.15, 0.2) is 48.5 Å². The SMILES string of the molecule is Cc1cccc(NC(=O)C2CC(=O)N(C)c3ccccc32)c1. The Morgan fingerprint density at radius 2 is 1.95 bits per heavy atom. The van der Waals surface area contributed by atoms with Gasteiger partial charge in [-0.25, -0.2) is 0 Å². The molecule has 3 rings (SSSR count). The number of carbonyl (C=O) groups excluding carboxylic acids is 2. The van der Waals surface area contributed by atoms with Gasteiger partial charge in [0.2, 0.25) is 11.8 Å². The lowest BCUT2D eigenvalue weighted by Crippen LogP contribution is -2.37. The summed E-state index contributed by atoms with van der Waals surface area (Å²) in [6.07, 6.45) is 0.200. The first-order valence-corrected chi connectivity index (χ1v) is 7.29.